The van der Waals surface area contributed by atoms with Gasteiger partial charge in [0.2, 0.25) is 0 Å². The molecule has 1 aliphatic rings. The van der Waals surface area contributed by atoms with E-state index in [-0.39, 0.29) is 5.92 Å². The fourth-order valence-corrected chi connectivity index (χ4v) is 2.17. The summed E-state index contributed by atoms with van der Waals surface area (Å²) < 4.78 is 12.3. The molecule has 1 unspecified atom stereocenters. The maximum Gasteiger partial charge on any atom is 0.279 e. The van der Waals surface area contributed by atoms with Gasteiger partial charge >= 0.3 is 0 Å². The zero-order valence-corrected chi connectivity index (χ0v) is 10.7. The highest BCUT2D eigenvalue weighted by molar-refractivity contribution is 6.32. The van der Waals surface area contributed by atoms with Crippen molar-refractivity contribution in [1.29, 1.82) is 0 Å². The molecular weight excluding hydrogens is 256 g/mol. The molecule has 0 aliphatic carbocycles. The minimum atomic E-state index is 0.217. The minimum absolute atomic E-state index is 0.217. The van der Waals surface area contributed by atoms with Gasteiger partial charge in [-0.3, -0.25) is 4.68 Å². The Kier molecular flexibility index (Phi) is 3.05. The predicted molar refractivity (Wildman–Crippen MR) is 64.4 cm³/mol. The van der Waals surface area contributed by atoms with E-state index in [4.69, 9.17) is 20.9 Å². The molecule has 3 heterocycles. The Morgan fingerprint density at radius 1 is 1.56 bits per heavy atom. The van der Waals surface area contributed by atoms with Gasteiger partial charge in [0.1, 0.15) is 0 Å². The summed E-state index contributed by atoms with van der Waals surface area (Å²) in [5, 5.41) is 8.80. The molecule has 2 aromatic heterocycles. The highest BCUT2D eigenvalue weighted by Gasteiger charge is 2.24. The summed E-state index contributed by atoms with van der Waals surface area (Å²) in [6, 6.07) is 0. The Bertz CT molecular complexity index is 545. The van der Waals surface area contributed by atoms with E-state index in [0.29, 0.717) is 29.0 Å². The monoisotopic (exact) mass is 268 g/mol. The summed E-state index contributed by atoms with van der Waals surface area (Å²) in [5.74, 6) is 1.26. The first-order valence-electron chi connectivity index (χ1n) is 5.92. The highest BCUT2D eigenvalue weighted by atomic mass is 35.5. The van der Waals surface area contributed by atoms with Crippen LogP contribution in [-0.4, -0.2) is 33.1 Å². The maximum absolute atomic E-state index is 6.09. The molecule has 18 heavy (non-hydrogen) atoms. The van der Waals surface area contributed by atoms with Crippen molar-refractivity contribution in [2.24, 2.45) is 0 Å². The number of hydrogen-bond donors (Lipinski definition) is 0. The van der Waals surface area contributed by atoms with E-state index >= 15 is 0 Å². The number of aryl methyl sites for hydroxylation is 1. The Morgan fingerprint density at radius 2 is 2.44 bits per heavy atom. The molecule has 96 valence electrons. The van der Waals surface area contributed by atoms with Gasteiger partial charge in [0, 0.05) is 25.3 Å². The first-order valence-corrected chi connectivity index (χ1v) is 6.30. The molecule has 1 saturated heterocycles. The van der Waals surface area contributed by atoms with Crippen LogP contribution in [0.1, 0.15) is 25.1 Å². The van der Waals surface area contributed by atoms with Gasteiger partial charge in [0.05, 0.1) is 11.6 Å². The standard InChI is InChI=1S/C11H13ClN4O2/c1-2-16-5-8(12)9(14-16)11-13-10(15-18-11)7-3-4-17-6-7/h5,7H,2-4,6H2,1H3. The van der Waals surface area contributed by atoms with Crippen LogP contribution in [0.3, 0.4) is 0 Å². The summed E-state index contributed by atoms with van der Waals surface area (Å²) in [6.07, 6.45) is 2.68. The summed E-state index contributed by atoms with van der Waals surface area (Å²) >= 11 is 6.09. The normalized spacial score (nSPS) is 19.6. The fourth-order valence-electron chi connectivity index (χ4n) is 1.94. The molecule has 7 heteroatoms. The SMILES string of the molecule is CCn1cc(Cl)c(-c2nc(C3CCOC3)no2)n1. The van der Waals surface area contributed by atoms with Crippen molar-refractivity contribution in [1.82, 2.24) is 19.9 Å². The van der Waals surface area contributed by atoms with E-state index in [0.717, 1.165) is 19.6 Å². The van der Waals surface area contributed by atoms with Crippen LogP contribution in [0, 0.1) is 0 Å². The third kappa shape index (κ3) is 2.02. The van der Waals surface area contributed by atoms with Crippen LogP contribution < -0.4 is 0 Å². The Hall–Kier alpha value is -1.40. The average Bonchev–Trinajstić information content (AvgIpc) is 3.08. The van der Waals surface area contributed by atoms with Crippen molar-refractivity contribution in [3.05, 3.63) is 17.0 Å². The summed E-state index contributed by atoms with van der Waals surface area (Å²) in [5.41, 5.74) is 0.538. The molecule has 6 nitrogen and oxygen atoms in total. The lowest BCUT2D eigenvalue weighted by Gasteiger charge is -1.97. The van der Waals surface area contributed by atoms with Crippen LogP contribution in [0.2, 0.25) is 5.02 Å². The highest BCUT2D eigenvalue weighted by Crippen LogP contribution is 2.28. The van der Waals surface area contributed by atoms with Crippen molar-refractivity contribution >= 4 is 11.6 Å². The van der Waals surface area contributed by atoms with Crippen LogP contribution in [-0.2, 0) is 11.3 Å². The predicted octanol–water partition coefficient (Wildman–Crippen LogP) is 2.11. The van der Waals surface area contributed by atoms with Crippen molar-refractivity contribution in [2.75, 3.05) is 13.2 Å². The number of ether oxygens (including phenoxy) is 1. The topological polar surface area (TPSA) is 66.0 Å². The van der Waals surface area contributed by atoms with Gasteiger partial charge in [-0.1, -0.05) is 16.8 Å². The molecule has 0 N–H and O–H groups in total. The van der Waals surface area contributed by atoms with Gasteiger partial charge in [-0.05, 0) is 13.3 Å². The minimum Gasteiger partial charge on any atom is -0.381 e. The maximum atomic E-state index is 6.09. The quantitative estimate of drug-likeness (QED) is 0.853. The van der Waals surface area contributed by atoms with Gasteiger partial charge in [0.25, 0.3) is 5.89 Å². The average molecular weight is 269 g/mol. The molecule has 0 saturated carbocycles. The number of halogens is 1. The van der Waals surface area contributed by atoms with E-state index in [1.54, 1.807) is 10.9 Å². The molecule has 1 aliphatic heterocycles. The second kappa shape index (κ2) is 4.70. The van der Waals surface area contributed by atoms with Crippen LogP contribution in [0.15, 0.2) is 10.7 Å². The first kappa shape index (κ1) is 11.7. The number of nitrogens with zero attached hydrogens (tertiary/aromatic N) is 4. The molecule has 0 amide bonds. The molecule has 1 atom stereocenters. The van der Waals surface area contributed by atoms with Crippen LogP contribution in [0.4, 0.5) is 0 Å². The molecule has 0 bridgehead atoms. The molecule has 0 aromatic carbocycles. The van der Waals surface area contributed by atoms with Gasteiger partial charge in [-0.15, -0.1) is 0 Å². The lowest BCUT2D eigenvalue weighted by Crippen LogP contribution is -1.99. The Morgan fingerprint density at radius 3 is 3.11 bits per heavy atom. The lowest BCUT2D eigenvalue weighted by atomic mass is 10.1. The van der Waals surface area contributed by atoms with Gasteiger partial charge in [-0.25, -0.2) is 0 Å². The Labute approximate surface area is 109 Å². The van der Waals surface area contributed by atoms with Crippen molar-refractivity contribution in [3.63, 3.8) is 0 Å². The molecule has 0 radical (unpaired) electrons. The van der Waals surface area contributed by atoms with E-state index < -0.39 is 0 Å². The zero-order chi connectivity index (χ0) is 12.5. The Balaban J connectivity index is 1.89. The van der Waals surface area contributed by atoms with Crippen LogP contribution in [0.5, 0.6) is 0 Å². The second-order valence-electron chi connectivity index (χ2n) is 4.20. The molecule has 3 rings (SSSR count). The van der Waals surface area contributed by atoms with E-state index in [1.165, 1.54) is 0 Å². The lowest BCUT2D eigenvalue weighted by molar-refractivity contribution is 0.192. The summed E-state index contributed by atoms with van der Waals surface area (Å²) in [7, 11) is 0. The van der Waals surface area contributed by atoms with Gasteiger partial charge in [0.15, 0.2) is 11.5 Å². The van der Waals surface area contributed by atoms with Gasteiger partial charge < -0.3 is 9.26 Å². The largest absolute Gasteiger partial charge is 0.381 e. The van der Waals surface area contributed by atoms with Crippen molar-refractivity contribution in [3.8, 4) is 11.6 Å². The smallest absolute Gasteiger partial charge is 0.279 e. The molecular formula is C11H13ClN4O2. The van der Waals surface area contributed by atoms with E-state index in [9.17, 15) is 0 Å². The van der Waals surface area contributed by atoms with Crippen LogP contribution >= 0.6 is 11.6 Å². The van der Waals surface area contributed by atoms with E-state index in [2.05, 4.69) is 15.2 Å². The third-order valence-corrected chi connectivity index (χ3v) is 3.26. The fraction of sp³-hybridized carbons (Fsp3) is 0.545. The molecule has 0 spiro atoms. The number of rotatable bonds is 3. The van der Waals surface area contributed by atoms with Gasteiger partial charge in [-0.2, -0.15) is 10.1 Å². The summed E-state index contributed by atoms with van der Waals surface area (Å²) in [4.78, 5) is 4.35. The molecule has 2 aromatic rings. The molecule has 1 fully saturated rings. The number of hydrogen-bond acceptors (Lipinski definition) is 5. The second-order valence-corrected chi connectivity index (χ2v) is 4.61. The van der Waals surface area contributed by atoms with Crippen LogP contribution in [0.25, 0.3) is 11.6 Å². The number of aromatic nitrogens is 4. The van der Waals surface area contributed by atoms with Crippen molar-refractivity contribution in [2.45, 2.75) is 25.8 Å². The first-order chi connectivity index (χ1) is 8.78. The summed E-state index contributed by atoms with van der Waals surface area (Å²) in [6.45, 7) is 4.13. The third-order valence-electron chi connectivity index (χ3n) is 2.98. The van der Waals surface area contributed by atoms with Crippen molar-refractivity contribution < 1.29 is 9.26 Å². The zero-order valence-electron chi connectivity index (χ0n) is 9.97. The van der Waals surface area contributed by atoms with E-state index in [1.807, 2.05) is 6.92 Å².